The molecular formula is C12H17NO2S. The van der Waals surface area contributed by atoms with Crippen molar-refractivity contribution in [3.05, 3.63) is 16.1 Å². The van der Waals surface area contributed by atoms with E-state index in [4.69, 9.17) is 4.74 Å². The molecule has 1 aromatic rings. The molecule has 88 valence electrons. The van der Waals surface area contributed by atoms with E-state index in [2.05, 4.69) is 4.98 Å². The van der Waals surface area contributed by atoms with Gasteiger partial charge in [0.05, 0.1) is 12.6 Å². The Labute approximate surface area is 99.8 Å². The van der Waals surface area contributed by atoms with Crippen LogP contribution in [0.2, 0.25) is 0 Å². The fourth-order valence-corrected chi connectivity index (χ4v) is 3.28. The third-order valence-electron chi connectivity index (χ3n) is 3.20. The maximum atomic E-state index is 11.5. The molecule has 0 saturated heterocycles. The van der Waals surface area contributed by atoms with Crippen LogP contribution in [-0.4, -0.2) is 18.1 Å². The van der Waals surface area contributed by atoms with Crippen molar-refractivity contribution in [3.8, 4) is 0 Å². The lowest BCUT2D eigenvalue weighted by molar-refractivity contribution is 0.0593. The molecule has 1 heterocycles. The van der Waals surface area contributed by atoms with Crippen LogP contribution in [0.5, 0.6) is 0 Å². The summed E-state index contributed by atoms with van der Waals surface area (Å²) >= 11 is 1.60. The van der Waals surface area contributed by atoms with Crippen molar-refractivity contribution in [1.82, 2.24) is 4.98 Å². The number of hydrogen-bond donors (Lipinski definition) is 0. The number of nitrogens with zero attached hydrogens (tertiary/aromatic N) is 1. The summed E-state index contributed by atoms with van der Waals surface area (Å²) in [6, 6.07) is 0. The van der Waals surface area contributed by atoms with Gasteiger partial charge in [-0.05, 0) is 18.8 Å². The Bertz CT molecular complexity index is 354. The first-order chi connectivity index (χ1) is 7.83. The number of methoxy groups -OCH3 is 1. The van der Waals surface area contributed by atoms with Gasteiger partial charge in [-0.1, -0.05) is 25.7 Å². The summed E-state index contributed by atoms with van der Waals surface area (Å²) in [4.78, 5) is 16.8. The van der Waals surface area contributed by atoms with Crippen molar-refractivity contribution in [1.29, 1.82) is 0 Å². The number of hydrogen-bond acceptors (Lipinski definition) is 4. The topological polar surface area (TPSA) is 39.2 Å². The monoisotopic (exact) mass is 239 g/mol. The molecule has 0 radical (unpaired) electrons. The predicted octanol–water partition coefficient (Wildman–Crippen LogP) is 3.37. The Morgan fingerprint density at radius 2 is 2.06 bits per heavy atom. The highest BCUT2D eigenvalue weighted by Crippen LogP contribution is 2.35. The highest BCUT2D eigenvalue weighted by atomic mass is 32.1. The third-order valence-corrected chi connectivity index (χ3v) is 4.19. The summed E-state index contributed by atoms with van der Waals surface area (Å²) < 4.78 is 4.76. The molecule has 1 aliphatic rings. The normalized spacial score (nSPS) is 18.1. The Balaban J connectivity index is 2.18. The van der Waals surface area contributed by atoms with Crippen LogP contribution >= 0.6 is 11.3 Å². The molecule has 0 aliphatic heterocycles. The van der Waals surface area contributed by atoms with Crippen molar-refractivity contribution < 1.29 is 9.53 Å². The Kier molecular flexibility index (Phi) is 3.93. The Morgan fingerprint density at radius 3 is 2.69 bits per heavy atom. The zero-order chi connectivity index (χ0) is 11.4. The lowest BCUT2D eigenvalue weighted by Crippen LogP contribution is -2.07. The van der Waals surface area contributed by atoms with E-state index in [1.54, 1.807) is 16.8 Å². The predicted molar refractivity (Wildman–Crippen MR) is 63.9 cm³/mol. The number of ether oxygens (including phenoxy) is 1. The summed E-state index contributed by atoms with van der Waals surface area (Å²) in [5.74, 6) is 0.226. The first-order valence-corrected chi connectivity index (χ1v) is 6.72. The summed E-state index contributed by atoms with van der Waals surface area (Å²) in [6.07, 6.45) is 7.55. The van der Waals surface area contributed by atoms with E-state index in [-0.39, 0.29) is 5.97 Å². The number of thiazole rings is 1. The number of esters is 1. The van der Waals surface area contributed by atoms with Crippen LogP contribution in [0, 0.1) is 0 Å². The second kappa shape index (κ2) is 5.43. The number of carbonyl (C=O) groups is 1. The minimum absolute atomic E-state index is 0.291. The van der Waals surface area contributed by atoms with E-state index in [1.807, 2.05) is 0 Å². The molecule has 0 N–H and O–H groups in total. The lowest BCUT2D eigenvalue weighted by atomic mass is 9.97. The minimum atomic E-state index is -0.291. The van der Waals surface area contributed by atoms with E-state index in [9.17, 15) is 4.79 Å². The smallest absolute Gasteiger partial charge is 0.357 e. The molecule has 1 aromatic heterocycles. The molecular weight excluding hydrogens is 222 g/mol. The molecule has 2 rings (SSSR count). The summed E-state index contributed by atoms with van der Waals surface area (Å²) in [5, 5.41) is 0. The van der Waals surface area contributed by atoms with Crippen molar-refractivity contribution in [2.24, 2.45) is 0 Å². The van der Waals surface area contributed by atoms with Crippen molar-refractivity contribution in [3.63, 3.8) is 0 Å². The largest absolute Gasteiger partial charge is 0.464 e. The Hall–Kier alpha value is -0.900. The van der Waals surface area contributed by atoms with Gasteiger partial charge in [-0.15, -0.1) is 11.3 Å². The molecule has 3 nitrogen and oxygen atoms in total. The SMILES string of the molecule is COC(=O)c1ncsc1C1CCCCCC1. The van der Waals surface area contributed by atoms with Crippen LogP contribution < -0.4 is 0 Å². The second-order valence-electron chi connectivity index (χ2n) is 4.25. The van der Waals surface area contributed by atoms with Crippen LogP contribution in [0.4, 0.5) is 0 Å². The van der Waals surface area contributed by atoms with Crippen LogP contribution in [0.3, 0.4) is 0 Å². The zero-order valence-corrected chi connectivity index (χ0v) is 10.4. The fourth-order valence-electron chi connectivity index (χ4n) is 2.34. The molecule has 0 bridgehead atoms. The maximum Gasteiger partial charge on any atom is 0.357 e. The molecule has 0 amide bonds. The average Bonchev–Trinajstić information content (AvgIpc) is 2.64. The number of aromatic nitrogens is 1. The summed E-state index contributed by atoms with van der Waals surface area (Å²) in [7, 11) is 1.42. The highest BCUT2D eigenvalue weighted by Gasteiger charge is 2.23. The van der Waals surface area contributed by atoms with Crippen LogP contribution in [0.15, 0.2) is 5.51 Å². The fraction of sp³-hybridized carbons (Fsp3) is 0.667. The average molecular weight is 239 g/mol. The molecule has 4 heteroatoms. The first-order valence-electron chi connectivity index (χ1n) is 5.84. The standard InChI is InChI=1S/C12H17NO2S/c1-15-12(14)10-11(16-8-13-10)9-6-4-2-3-5-7-9/h8-9H,2-7H2,1H3. The van der Waals surface area contributed by atoms with Gasteiger partial charge in [0.15, 0.2) is 5.69 Å². The molecule has 16 heavy (non-hydrogen) atoms. The van der Waals surface area contributed by atoms with E-state index < -0.39 is 0 Å². The lowest BCUT2D eigenvalue weighted by Gasteiger charge is -2.12. The molecule has 0 atom stereocenters. The number of rotatable bonds is 2. The van der Waals surface area contributed by atoms with Crippen LogP contribution in [0.1, 0.15) is 59.8 Å². The minimum Gasteiger partial charge on any atom is -0.464 e. The third kappa shape index (κ3) is 2.43. The summed E-state index contributed by atoms with van der Waals surface area (Å²) in [5.41, 5.74) is 2.30. The van der Waals surface area contributed by atoms with Crippen molar-refractivity contribution >= 4 is 17.3 Å². The quantitative estimate of drug-likeness (QED) is 0.586. The summed E-state index contributed by atoms with van der Waals surface area (Å²) in [6.45, 7) is 0. The van der Waals surface area contributed by atoms with Gasteiger partial charge in [-0.25, -0.2) is 9.78 Å². The van der Waals surface area contributed by atoms with Gasteiger partial charge in [-0.2, -0.15) is 0 Å². The molecule has 1 fully saturated rings. The molecule has 0 unspecified atom stereocenters. The van der Waals surface area contributed by atoms with E-state index in [1.165, 1.54) is 45.6 Å². The Morgan fingerprint density at radius 1 is 1.38 bits per heavy atom. The van der Waals surface area contributed by atoms with E-state index in [0.717, 1.165) is 4.88 Å². The van der Waals surface area contributed by atoms with Gasteiger partial charge >= 0.3 is 5.97 Å². The van der Waals surface area contributed by atoms with Gasteiger partial charge < -0.3 is 4.74 Å². The van der Waals surface area contributed by atoms with Crippen molar-refractivity contribution in [2.75, 3.05) is 7.11 Å². The second-order valence-corrected chi connectivity index (χ2v) is 5.13. The van der Waals surface area contributed by atoms with Gasteiger partial charge in [-0.3, -0.25) is 0 Å². The van der Waals surface area contributed by atoms with E-state index >= 15 is 0 Å². The molecule has 0 spiro atoms. The molecule has 1 aliphatic carbocycles. The highest BCUT2D eigenvalue weighted by molar-refractivity contribution is 7.10. The molecule has 1 saturated carbocycles. The maximum absolute atomic E-state index is 11.5. The number of carbonyl (C=O) groups excluding carboxylic acids is 1. The molecule has 0 aromatic carbocycles. The van der Waals surface area contributed by atoms with Gasteiger partial charge in [0.25, 0.3) is 0 Å². The first kappa shape index (κ1) is 11.6. The van der Waals surface area contributed by atoms with Gasteiger partial charge in [0, 0.05) is 4.88 Å². The van der Waals surface area contributed by atoms with E-state index in [0.29, 0.717) is 11.6 Å². The van der Waals surface area contributed by atoms with Gasteiger partial charge in [0.1, 0.15) is 0 Å². The zero-order valence-electron chi connectivity index (χ0n) is 9.57. The van der Waals surface area contributed by atoms with Crippen LogP contribution in [0.25, 0.3) is 0 Å². The van der Waals surface area contributed by atoms with Crippen LogP contribution in [-0.2, 0) is 4.74 Å². The van der Waals surface area contributed by atoms with Crippen molar-refractivity contribution in [2.45, 2.75) is 44.4 Å². The van der Waals surface area contributed by atoms with Gasteiger partial charge in [0.2, 0.25) is 0 Å².